The standard InChI is InChI=1S/C12H15ClN2OS/c1-14-6-7-15-11(16)8-17-12(15)9-4-2-3-5-10(9)13/h2-5,12,14H,6-8H2,1H3/t12-/m1/s1. The predicted molar refractivity (Wildman–Crippen MR) is 72.3 cm³/mol. The van der Waals surface area contributed by atoms with Gasteiger partial charge < -0.3 is 10.2 Å². The zero-order valence-electron chi connectivity index (χ0n) is 9.65. The molecule has 1 saturated heterocycles. The summed E-state index contributed by atoms with van der Waals surface area (Å²) in [6, 6.07) is 7.73. The molecule has 1 fully saturated rings. The third-order valence-corrected chi connectivity index (χ3v) is 4.32. The van der Waals surface area contributed by atoms with Crippen molar-refractivity contribution in [1.82, 2.24) is 10.2 Å². The average Bonchev–Trinajstić information content (AvgIpc) is 2.69. The highest BCUT2D eigenvalue weighted by Gasteiger charge is 2.33. The van der Waals surface area contributed by atoms with Gasteiger partial charge in [0.2, 0.25) is 5.91 Å². The SMILES string of the molecule is CNCCN1C(=O)CS[C@@H]1c1ccccc1Cl. The molecule has 0 aliphatic carbocycles. The van der Waals surface area contributed by atoms with Crippen molar-refractivity contribution in [2.75, 3.05) is 25.9 Å². The molecule has 1 amide bonds. The van der Waals surface area contributed by atoms with E-state index in [9.17, 15) is 4.79 Å². The summed E-state index contributed by atoms with van der Waals surface area (Å²) < 4.78 is 0. The molecular formula is C12H15ClN2OS. The molecule has 0 saturated carbocycles. The molecule has 1 atom stereocenters. The maximum absolute atomic E-state index is 11.8. The van der Waals surface area contributed by atoms with E-state index in [-0.39, 0.29) is 11.3 Å². The van der Waals surface area contributed by atoms with Gasteiger partial charge in [-0.2, -0.15) is 0 Å². The quantitative estimate of drug-likeness (QED) is 0.910. The Morgan fingerprint density at radius 1 is 1.53 bits per heavy atom. The van der Waals surface area contributed by atoms with Crippen LogP contribution in [0.2, 0.25) is 5.02 Å². The van der Waals surface area contributed by atoms with Gasteiger partial charge in [0.25, 0.3) is 0 Å². The monoisotopic (exact) mass is 270 g/mol. The number of rotatable bonds is 4. The number of nitrogens with zero attached hydrogens (tertiary/aromatic N) is 1. The van der Waals surface area contributed by atoms with Crippen molar-refractivity contribution in [3.63, 3.8) is 0 Å². The van der Waals surface area contributed by atoms with Crippen LogP contribution in [0.5, 0.6) is 0 Å². The smallest absolute Gasteiger partial charge is 0.233 e. The first-order valence-electron chi connectivity index (χ1n) is 5.54. The lowest BCUT2D eigenvalue weighted by Crippen LogP contribution is -2.34. The molecule has 0 radical (unpaired) electrons. The van der Waals surface area contributed by atoms with Crippen LogP contribution < -0.4 is 5.32 Å². The maximum atomic E-state index is 11.8. The Morgan fingerprint density at radius 2 is 2.29 bits per heavy atom. The Morgan fingerprint density at radius 3 is 3.00 bits per heavy atom. The number of hydrogen-bond acceptors (Lipinski definition) is 3. The molecule has 1 aliphatic heterocycles. The molecule has 5 heteroatoms. The van der Waals surface area contributed by atoms with Crippen LogP contribution in [0.3, 0.4) is 0 Å². The van der Waals surface area contributed by atoms with Gasteiger partial charge in [-0.1, -0.05) is 29.8 Å². The highest BCUT2D eigenvalue weighted by Crippen LogP contribution is 2.40. The van der Waals surface area contributed by atoms with E-state index < -0.39 is 0 Å². The minimum atomic E-state index is 0.0598. The highest BCUT2D eigenvalue weighted by molar-refractivity contribution is 8.00. The molecule has 0 bridgehead atoms. The molecule has 0 unspecified atom stereocenters. The lowest BCUT2D eigenvalue weighted by Gasteiger charge is -2.24. The Labute approximate surface area is 111 Å². The lowest BCUT2D eigenvalue weighted by atomic mass is 10.2. The van der Waals surface area contributed by atoms with Crippen LogP contribution in [-0.2, 0) is 4.79 Å². The summed E-state index contributed by atoms with van der Waals surface area (Å²) >= 11 is 7.82. The Bertz CT molecular complexity index is 413. The van der Waals surface area contributed by atoms with Crippen molar-refractivity contribution in [2.45, 2.75) is 5.37 Å². The molecular weight excluding hydrogens is 256 g/mol. The van der Waals surface area contributed by atoms with Crippen LogP contribution in [0, 0.1) is 0 Å². The Balaban J connectivity index is 2.19. The summed E-state index contributed by atoms with van der Waals surface area (Å²) in [7, 11) is 1.89. The highest BCUT2D eigenvalue weighted by atomic mass is 35.5. The van der Waals surface area contributed by atoms with E-state index in [0.717, 1.165) is 23.7 Å². The first-order valence-corrected chi connectivity index (χ1v) is 6.97. The van der Waals surface area contributed by atoms with E-state index in [1.807, 2.05) is 36.2 Å². The molecule has 0 aromatic heterocycles. The minimum absolute atomic E-state index is 0.0598. The van der Waals surface area contributed by atoms with E-state index in [4.69, 9.17) is 11.6 Å². The van der Waals surface area contributed by atoms with E-state index >= 15 is 0 Å². The fourth-order valence-corrected chi connectivity index (χ4v) is 3.42. The second-order valence-electron chi connectivity index (χ2n) is 3.88. The average molecular weight is 271 g/mol. The van der Waals surface area contributed by atoms with Crippen molar-refractivity contribution >= 4 is 29.3 Å². The second kappa shape index (κ2) is 5.76. The largest absolute Gasteiger partial charge is 0.325 e. The van der Waals surface area contributed by atoms with Gasteiger partial charge in [0.1, 0.15) is 5.37 Å². The van der Waals surface area contributed by atoms with Gasteiger partial charge in [0.15, 0.2) is 0 Å². The van der Waals surface area contributed by atoms with Crippen LogP contribution in [0.15, 0.2) is 24.3 Å². The number of carbonyl (C=O) groups is 1. The first-order chi connectivity index (χ1) is 8.24. The van der Waals surface area contributed by atoms with Gasteiger partial charge in [0.05, 0.1) is 5.75 Å². The third-order valence-electron chi connectivity index (χ3n) is 2.74. The van der Waals surface area contributed by atoms with Crippen molar-refractivity contribution in [1.29, 1.82) is 0 Å². The van der Waals surface area contributed by atoms with Crippen LogP contribution in [0.25, 0.3) is 0 Å². The Hall–Kier alpha value is -0.710. The fraction of sp³-hybridized carbons (Fsp3) is 0.417. The van der Waals surface area contributed by atoms with Gasteiger partial charge in [-0.25, -0.2) is 0 Å². The molecule has 1 aromatic rings. The molecule has 17 heavy (non-hydrogen) atoms. The number of benzene rings is 1. The summed E-state index contributed by atoms with van der Waals surface area (Å²) in [5, 5.41) is 3.86. The number of likely N-dealkylation sites (N-methyl/N-ethyl adjacent to an activating group) is 1. The van der Waals surface area contributed by atoms with Gasteiger partial charge in [0, 0.05) is 23.7 Å². The normalized spacial score (nSPS) is 20.0. The van der Waals surface area contributed by atoms with Crippen molar-refractivity contribution in [3.8, 4) is 0 Å². The van der Waals surface area contributed by atoms with Crippen molar-refractivity contribution in [3.05, 3.63) is 34.9 Å². The zero-order valence-corrected chi connectivity index (χ0v) is 11.2. The van der Waals surface area contributed by atoms with Gasteiger partial charge >= 0.3 is 0 Å². The molecule has 1 aromatic carbocycles. The van der Waals surface area contributed by atoms with E-state index in [0.29, 0.717) is 5.75 Å². The third kappa shape index (κ3) is 2.76. The minimum Gasteiger partial charge on any atom is -0.325 e. The van der Waals surface area contributed by atoms with Gasteiger partial charge in [-0.15, -0.1) is 11.8 Å². The molecule has 0 spiro atoms. The maximum Gasteiger partial charge on any atom is 0.233 e. The lowest BCUT2D eigenvalue weighted by molar-refractivity contribution is -0.127. The summed E-state index contributed by atoms with van der Waals surface area (Å²) in [6.45, 7) is 1.52. The summed E-state index contributed by atoms with van der Waals surface area (Å²) in [5.74, 6) is 0.731. The van der Waals surface area contributed by atoms with Crippen LogP contribution in [0.4, 0.5) is 0 Å². The molecule has 92 valence electrons. The van der Waals surface area contributed by atoms with Crippen LogP contribution in [0.1, 0.15) is 10.9 Å². The predicted octanol–water partition coefficient (Wildman–Crippen LogP) is 2.13. The number of carbonyl (C=O) groups excluding carboxylic acids is 1. The topological polar surface area (TPSA) is 32.3 Å². The van der Waals surface area contributed by atoms with Crippen molar-refractivity contribution in [2.24, 2.45) is 0 Å². The van der Waals surface area contributed by atoms with E-state index in [1.165, 1.54) is 0 Å². The molecule has 1 aliphatic rings. The van der Waals surface area contributed by atoms with E-state index in [1.54, 1.807) is 11.8 Å². The summed E-state index contributed by atoms with van der Waals surface area (Å²) in [5.41, 5.74) is 1.03. The number of amides is 1. The number of halogens is 1. The van der Waals surface area contributed by atoms with Gasteiger partial charge in [-0.3, -0.25) is 4.79 Å². The number of nitrogens with one attached hydrogen (secondary N) is 1. The zero-order chi connectivity index (χ0) is 12.3. The van der Waals surface area contributed by atoms with Gasteiger partial charge in [-0.05, 0) is 13.1 Å². The first kappa shape index (κ1) is 12.7. The van der Waals surface area contributed by atoms with Crippen LogP contribution >= 0.6 is 23.4 Å². The summed E-state index contributed by atoms with van der Waals surface area (Å²) in [6.07, 6.45) is 0. The number of hydrogen-bond donors (Lipinski definition) is 1. The second-order valence-corrected chi connectivity index (χ2v) is 5.35. The summed E-state index contributed by atoms with van der Waals surface area (Å²) in [4.78, 5) is 13.7. The van der Waals surface area contributed by atoms with E-state index in [2.05, 4.69) is 5.32 Å². The van der Waals surface area contributed by atoms with Crippen molar-refractivity contribution < 1.29 is 4.79 Å². The molecule has 1 heterocycles. The molecule has 1 N–H and O–H groups in total. The van der Waals surface area contributed by atoms with Crippen LogP contribution in [-0.4, -0.2) is 36.7 Å². The number of thioether (sulfide) groups is 1. The Kier molecular flexibility index (Phi) is 4.31. The molecule has 2 rings (SSSR count). The molecule has 3 nitrogen and oxygen atoms in total. The fourth-order valence-electron chi connectivity index (χ4n) is 1.86.